The second-order valence-corrected chi connectivity index (χ2v) is 5.31. The maximum atomic E-state index is 12.9. The van der Waals surface area contributed by atoms with E-state index in [0.29, 0.717) is 12.3 Å². The number of piperidine rings is 1. The van der Waals surface area contributed by atoms with E-state index >= 15 is 0 Å². The van der Waals surface area contributed by atoms with Crippen molar-refractivity contribution in [2.75, 3.05) is 18.5 Å². The highest BCUT2D eigenvalue weighted by molar-refractivity contribution is 5.93. The predicted molar refractivity (Wildman–Crippen MR) is 74.6 cm³/mol. The summed E-state index contributed by atoms with van der Waals surface area (Å²) in [5, 5.41) is 3.41. The minimum absolute atomic E-state index is 0.0675. The van der Waals surface area contributed by atoms with Gasteiger partial charge < -0.3 is 10.2 Å². The third-order valence-corrected chi connectivity index (χ3v) is 3.91. The Morgan fingerprint density at radius 2 is 2.11 bits per heavy atom. The van der Waals surface area contributed by atoms with Crippen molar-refractivity contribution in [3.05, 3.63) is 30.1 Å². The molecule has 1 aliphatic heterocycles. The maximum Gasteiger partial charge on any atom is 0.228 e. The van der Waals surface area contributed by atoms with E-state index in [1.165, 1.54) is 25.0 Å². The fraction of sp³-hybridized carbons (Fsp3) is 0.533. The number of amides is 1. The standard InChI is InChI=1S/C15H21FN2O/c1-11-4-3-9-17-14(11)10-15(19)18(2)13-7-5-12(16)6-8-13/h5-8,11,14,17H,3-4,9-10H2,1-2H3. The van der Waals surface area contributed by atoms with Crippen LogP contribution in [0.1, 0.15) is 26.2 Å². The average molecular weight is 264 g/mol. The van der Waals surface area contributed by atoms with E-state index in [1.54, 1.807) is 24.1 Å². The Morgan fingerprint density at radius 1 is 1.42 bits per heavy atom. The fourth-order valence-electron chi connectivity index (χ4n) is 2.52. The van der Waals surface area contributed by atoms with E-state index in [1.807, 2.05) is 0 Å². The van der Waals surface area contributed by atoms with Crippen molar-refractivity contribution in [1.82, 2.24) is 5.32 Å². The molecule has 1 aromatic rings. The molecular weight excluding hydrogens is 243 g/mol. The average Bonchev–Trinajstić information content (AvgIpc) is 2.41. The zero-order valence-corrected chi connectivity index (χ0v) is 11.5. The summed E-state index contributed by atoms with van der Waals surface area (Å²) in [4.78, 5) is 13.8. The van der Waals surface area contributed by atoms with Gasteiger partial charge in [0.05, 0.1) is 0 Å². The van der Waals surface area contributed by atoms with Crippen LogP contribution in [0.3, 0.4) is 0 Å². The van der Waals surface area contributed by atoms with Crippen molar-refractivity contribution in [3.8, 4) is 0 Å². The highest BCUT2D eigenvalue weighted by Crippen LogP contribution is 2.20. The number of benzene rings is 1. The van der Waals surface area contributed by atoms with Gasteiger partial charge in [-0.25, -0.2) is 4.39 Å². The lowest BCUT2D eigenvalue weighted by atomic mass is 9.90. The number of rotatable bonds is 3. The van der Waals surface area contributed by atoms with E-state index in [2.05, 4.69) is 12.2 Å². The van der Waals surface area contributed by atoms with E-state index < -0.39 is 0 Å². The summed E-state index contributed by atoms with van der Waals surface area (Å²) in [6, 6.07) is 6.26. The number of nitrogens with zero attached hydrogens (tertiary/aromatic N) is 1. The first kappa shape index (κ1) is 14.0. The summed E-state index contributed by atoms with van der Waals surface area (Å²) in [6.45, 7) is 3.17. The Bertz CT molecular complexity index is 432. The van der Waals surface area contributed by atoms with Crippen LogP contribution in [0.4, 0.5) is 10.1 Å². The Kier molecular flexibility index (Phi) is 4.53. The van der Waals surface area contributed by atoms with Crippen LogP contribution in [-0.2, 0) is 4.79 Å². The number of anilines is 1. The molecule has 0 bridgehead atoms. The molecule has 19 heavy (non-hydrogen) atoms. The first-order chi connectivity index (χ1) is 9.08. The van der Waals surface area contributed by atoms with Gasteiger partial charge in [0.1, 0.15) is 5.82 Å². The summed E-state index contributed by atoms with van der Waals surface area (Å²) in [7, 11) is 1.74. The molecule has 4 heteroatoms. The van der Waals surface area contributed by atoms with Gasteiger partial charge in [0.25, 0.3) is 0 Å². The highest BCUT2D eigenvalue weighted by Gasteiger charge is 2.24. The van der Waals surface area contributed by atoms with Gasteiger partial charge in [0.15, 0.2) is 0 Å². The molecule has 1 N–H and O–H groups in total. The topological polar surface area (TPSA) is 32.3 Å². The second-order valence-electron chi connectivity index (χ2n) is 5.31. The number of hydrogen-bond acceptors (Lipinski definition) is 2. The van der Waals surface area contributed by atoms with E-state index in [-0.39, 0.29) is 17.8 Å². The summed E-state index contributed by atoms with van der Waals surface area (Å²) in [6.07, 6.45) is 2.85. The molecular formula is C15H21FN2O. The van der Waals surface area contributed by atoms with Crippen LogP contribution in [0, 0.1) is 11.7 Å². The lowest BCUT2D eigenvalue weighted by molar-refractivity contribution is -0.119. The fourth-order valence-corrected chi connectivity index (χ4v) is 2.52. The van der Waals surface area contributed by atoms with E-state index in [0.717, 1.165) is 12.2 Å². The maximum absolute atomic E-state index is 12.9. The van der Waals surface area contributed by atoms with Gasteiger partial charge in [-0.15, -0.1) is 0 Å². The van der Waals surface area contributed by atoms with Gasteiger partial charge in [-0.1, -0.05) is 6.92 Å². The molecule has 1 amide bonds. The quantitative estimate of drug-likeness (QED) is 0.910. The predicted octanol–water partition coefficient (Wildman–Crippen LogP) is 2.57. The van der Waals surface area contributed by atoms with Crippen LogP contribution in [-0.4, -0.2) is 25.5 Å². The lowest BCUT2D eigenvalue weighted by Gasteiger charge is -2.31. The summed E-state index contributed by atoms with van der Waals surface area (Å²) >= 11 is 0. The molecule has 3 nitrogen and oxygen atoms in total. The lowest BCUT2D eigenvalue weighted by Crippen LogP contribution is -2.43. The number of halogens is 1. The van der Waals surface area contributed by atoms with Crippen molar-refractivity contribution in [2.45, 2.75) is 32.2 Å². The third kappa shape index (κ3) is 3.53. The molecule has 0 saturated carbocycles. The van der Waals surface area contributed by atoms with Gasteiger partial charge in [-0.2, -0.15) is 0 Å². The van der Waals surface area contributed by atoms with Crippen molar-refractivity contribution < 1.29 is 9.18 Å². The van der Waals surface area contributed by atoms with Crippen LogP contribution >= 0.6 is 0 Å². The molecule has 1 aliphatic rings. The first-order valence-corrected chi connectivity index (χ1v) is 6.83. The molecule has 104 valence electrons. The van der Waals surface area contributed by atoms with Gasteiger partial charge in [0, 0.05) is 25.2 Å². The van der Waals surface area contributed by atoms with Gasteiger partial charge in [0.2, 0.25) is 5.91 Å². The van der Waals surface area contributed by atoms with E-state index in [4.69, 9.17) is 0 Å². The number of carbonyl (C=O) groups excluding carboxylic acids is 1. The Balaban J connectivity index is 1.97. The molecule has 0 radical (unpaired) electrons. The van der Waals surface area contributed by atoms with Crippen LogP contribution < -0.4 is 10.2 Å². The highest BCUT2D eigenvalue weighted by atomic mass is 19.1. The molecule has 0 aliphatic carbocycles. The summed E-state index contributed by atoms with van der Waals surface area (Å²) < 4.78 is 12.9. The van der Waals surface area contributed by atoms with Crippen molar-refractivity contribution >= 4 is 11.6 Å². The molecule has 1 saturated heterocycles. The zero-order chi connectivity index (χ0) is 13.8. The SMILES string of the molecule is CC1CCCNC1CC(=O)N(C)c1ccc(F)cc1. The molecule has 0 aromatic heterocycles. The summed E-state index contributed by atoms with van der Waals surface area (Å²) in [5.74, 6) is 0.310. The van der Waals surface area contributed by atoms with Crippen molar-refractivity contribution in [2.24, 2.45) is 5.92 Å². The van der Waals surface area contributed by atoms with E-state index in [9.17, 15) is 9.18 Å². The molecule has 2 atom stereocenters. The first-order valence-electron chi connectivity index (χ1n) is 6.83. The Hall–Kier alpha value is -1.42. The van der Waals surface area contributed by atoms with Crippen LogP contribution in [0.2, 0.25) is 0 Å². The number of nitrogens with one attached hydrogen (secondary N) is 1. The number of carbonyl (C=O) groups is 1. The van der Waals surface area contributed by atoms with Crippen molar-refractivity contribution in [1.29, 1.82) is 0 Å². The van der Waals surface area contributed by atoms with Gasteiger partial charge >= 0.3 is 0 Å². The Labute approximate surface area is 113 Å². The smallest absolute Gasteiger partial charge is 0.228 e. The molecule has 0 spiro atoms. The molecule has 1 fully saturated rings. The van der Waals surface area contributed by atoms with Crippen molar-refractivity contribution in [3.63, 3.8) is 0 Å². The molecule has 2 rings (SSSR count). The summed E-state index contributed by atoms with van der Waals surface area (Å²) in [5.41, 5.74) is 0.731. The minimum Gasteiger partial charge on any atom is -0.315 e. The third-order valence-electron chi connectivity index (χ3n) is 3.91. The van der Waals surface area contributed by atoms with Gasteiger partial charge in [-0.05, 0) is 49.6 Å². The monoisotopic (exact) mass is 264 g/mol. The van der Waals surface area contributed by atoms with Crippen LogP contribution in [0.25, 0.3) is 0 Å². The minimum atomic E-state index is -0.285. The Morgan fingerprint density at radius 3 is 2.74 bits per heavy atom. The van der Waals surface area contributed by atoms with Crippen LogP contribution in [0.5, 0.6) is 0 Å². The van der Waals surface area contributed by atoms with Crippen LogP contribution in [0.15, 0.2) is 24.3 Å². The zero-order valence-electron chi connectivity index (χ0n) is 11.5. The molecule has 1 aromatic carbocycles. The molecule has 1 heterocycles. The number of hydrogen-bond donors (Lipinski definition) is 1. The normalized spacial score (nSPS) is 23.1. The van der Waals surface area contributed by atoms with Gasteiger partial charge in [-0.3, -0.25) is 4.79 Å². The molecule has 2 unspecified atom stereocenters. The largest absolute Gasteiger partial charge is 0.315 e. The second kappa shape index (κ2) is 6.15.